The third-order valence-electron chi connectivity index (χ3n) is 6.31. The summed E-state index contributed by atoms with van der Waals surface area (Å²) in [4.78, 5) is 23.8. The molecule has 3 aliphatic heterocycles. The third kappa shape index (κ3) is 6.55. The minimum absolute atomic E-state index is 0. The number of carbonyl (C=O) groups excluding carboxylic acids is 1. The SMILES string of the molecule is CCNC(=NCc1cccc(CN2CCCC2=O)c1)N1CCC(N2CCOCC2)C1.I. The van der Waals surface area contributed by atoms with Crippen molar-refractivity contribution in [1.82, 2.24) is 20.0 Å². The van der Waals surface area contributed by atoms with Gasteiger partial charge in [0.1, 0.15) is 0 Å². The Morgan fingerprint density at radius 3 is 2.74 bits per heavy atom. The molecule has 31 heavy (non-hydrogen) atoms. The number of ether oxygens (including phenoxy) is 1. The van der Waals surface area contributed by atoms with E-state index in [2.05, 4.69) is 46.3 Å². The van der Waals surface area contributed by atoms with Gasteiger partial charge in [0.15, 0.2) is 5.96 Å². The molecule has 4 rings (SSSR count). The molecule has 3 fully saturated rings. The van der Waals surface area contributed by atoms with Crippen molar-refractivity contribution in [3.05, 3.63) is 35.4 Å². The van der Waals surface area contributed by atoms with Crippen molar-refractivity contribution in [2.75, 3.05) is 52.5 Å². The van der Waals surface area contributed by atoms with Crippen LogP contribution in [0.3, 0.4) is 0 Å². The van der Waals surface area contributed by atoms with Crippen molar-refractivity contribution in [1.29, 1.82) is 0 Å². The van der Waals surface area contributed by atoms with E-state index in [0.717, 1.165) is 64.9 Å². The normalized spacial score (nSPS) is 22.7. The van der Waals surface area contributed by atoms with Crippen LogP contribution in [0.4, 0.5) is 0 Å². The molecule has 3 heterocycles. The number of hydrogen-bond donors (Lipinski definition) is 1. The number of carbonyl (C=O) groups is 1. The average Bonchev–Trinajstić information content (AvgIpc) is 3.42. The van der Waals surface area contributed by atoms with Crippen molar-refractivity contribution in [2.45, 2.75) is 45.3 Å². The van der Waals surface area contributed by atoms with Crippen molar-refractivity contribution in [3.8, 4) is 0 Å². The molecule has 8 heteroatoms. The number of amides is 1. The number of nitrogens with zero attached hydrogens (tertiary/aromatic N) is 4. The maximum absolute atomic E-state index is 11.9. The minimum atomic E-state index is 0. The lowest BCUT2D eigenvalue weighted by atomic mass is 10.1. The van der Waals surface area contributed by atoms with Crippen LogP contribution in [0.25, 0.3) is 0 Å². The maximum Gasteiger partial charge on any atom is 0.222 e. The number of benzene rings is 1. The molecule has 1 aromatic carbocycles. The van der Waals surface area contributed by atoms with E-state index >= 15 is 0 Å². The Bertz CT molecular complexity index is 753. The molecule has 1 unspecified atom stereocenters. The zero-order valence-electron chi connectivity index (χ0n) is 18.6. The van der Waals surface area contributed by atoms with Crippen molar-refractivity contribution in [2.24, 2.45) is 4.99 Å². The molecular formula is C23H36IN5O2. The Kier molecular flexibility index (Phi) is 9.40. The lowest BCUT2D eigenvalue weighted by Crippen LogP contribution is -2.46. The monoisotopic (exact) mass is 541 g/mol. The van der Waals surface area contributed by atoms with E-state index in [0.29, 0.717) is 25.6 Å². The van der Waals surface area contributed by atoms with Gasteiger partial charge in [0.25, 0.3) is 0 Å². The first kappa shape index (κ1) is 24.3. The molecular weight excluding hydrogens is 505 g/mol. The Labute approximate surface area is 203 Å². The number of likely N-dealkylation sites (tertiary alicyclic amines) is 2. The summed E-state index contributed by atoms with van der Waals surface area (Å²) in [6.07, 6.45) is 2.86. The zero-order chi connectivity index (χ0) is 20.8. The van der Waals surface area contributed by atoms with Crippen molar-refractivity contribution in [3.63, 3.8) is 0 Å². The first-order chi connectivity index (χ1) is 14.7. The largest absolute Gasteiger partial charge is 0.379 e. The highest BCUT2D eigenvalue weighted by atomic mass is 127. The standard InChI is InChI=1S/C23H35N5O2.HI/c1-2-24-23(28-10-8-21(18-28)26-11-13-30-14-12-26)25-16-19-5-3-6-20(15-19)17-27-9-4-7-22(27)29;/h3,5-6,15,21H,2,4,7-14,16-18H2,1H3,(H,24,25);1H. The highest BCUT2D eigenvalue weighted by Gasteiger charge is 2.30. The second-order valence-corrected chi connectivity index (χ2v) is 8.45. The number of guanidine groups is 1. The van der Waals surface area contributed by atoms with E-state index in [9.17, 15) is 4.79 Å². The molecule has 1 atom stereocenters. The molecule has 3 aliphatic rings. The molecule has 1 aromatic rings. The Hall–Kier alpha value is -1.39. The van der Waals surface area contributed by atoms with Gasteiger partial charge < -0.3 is 19.9 Å². The summed E-state index contributed by atoms with van der Waals surface area (Å²) in [6, 6.07) is 9.11. The molecule has 0 spiro atoms. The highest BCUT2D eigenvalue weighted by molar-refractivity contribution is 14.0. The van der Waals surface area contributed by atoms with Crippen LogP contribution in [-0.2, 0) is 22.6 Å². The summed E-state index contributed by atoms with van der Waals surface area (Å²) in [7, 11) is 0. The number of rotatable bonds is 6. The van der Waals surface area contributed by atoms with Gasteiger partial charge in [-0.25, -0.2) is 4.99 Å². The molecule has 3 saturated heterocycles. The molecule has 0 radical (unpaired) electrons. The van der Waals surface area contributed by atoms with E-state index in [1.807, 2.05) is 4.90 Å². The highest BCUT2D eigenvalue weighted by Crippen LogP contribution is 2.18. The number of morpholine rings is 1. The Morgan fingerprint density at radius 1 is 1.19 bits per heavy atom. The van der Waals surface area contributed by atoms with E-state index in [1.165, 1.54) is 17.5 Å². The van der Waals surface area contributed by atoms with Gasteiger partial charge in [0.05, 0.1) is 19.8 Å². The lowest BCUT2D eigenvalue weighted by Gasteiger charge is -2.32. The van der Waals surface area contributed by atoms with Crippen LogP contribution in [0.15, 0.2) is 29.3 Å². The fraction of sp³-hybridized carbons (Fsp3) is 0.652. The van der Waals surface area contributed by atoms with Gasteiger partial charge in [0.2, 0.25) is 5.91 Å². The average molecular weight is 541 g/mol. The topological polar surface area (TPSA) is 60.4 Å². The van der Waals surface area contributed by atoms with Gasteiger partial charge in [-0.1, -0.05) is 24.3 Å². The van der Waals surface area contributed by atoms with Crippen LogP contribution in [0.5, 0.6) is 0 Å². The van der Waals surface area contributed by atoms with Gasteiger partial charge >= 0.3 is 0 Å². The predicted molar refractivity (Wildman–Crippen MR) is 134 cm³/mol. The van der Waals surface area contributed by atoms with E-state index < -0.39 is 0 Å². The van der Waals surface area contributed by atoms with Gasteiger partial charge in [0, 0.05) is 58.3 Å². The molecule has 1 amide bonds. The zero-order valence-corrected chi connectivity index (χ0v) is 20.9. The summed E-state index contributed by atoms with van der Waals surface area (Å²) in [6.45, 7) is 11.1. The van der Waals surface area contributed by atoms with E-state index in [4.69, 9.17) is 9.73 Å². The number of nitrogens with one attached hydrogen (secondary N) is 1. The fourth-order valence-electron chi connectivity index (χ4n) is 4.68. The van der Waals surface area contributed by atoms with Crippen LogP contribution in [-0.4, -0.2) is 85.1 Å². The molecule has 0 aliphatic carbocycles. The first-order valence-electron chi connectivity index (χ1n) is 11.4. The smallest absolute Gasteiger partial charge is 0.222 e. The second kappa shape index (κ2) is 12.0. The second-order valence-electron chi connectivity index (χ2n) is 8.45. The summed E-state index contributed by atoms with van der Waals surface area (Å²) >= 11 is 0. The Morgan fingerprint density at radius 2 is 2.00 bits per heavy atom. The number of halogens is 1. The van der Waals surface area contributed by atoms with E-state index in [-0.39, 0.29) is 29.9 Å². The van der Waals surface area contributed by atoms with Crippen LogP contribution in [0.1, 0.15) is 37.3 Å². The third-order valence-corrected chi connectivity index (χ3v) is 6.31. The van der Waals surface area contributed by atoms with Gasteiger partial charge in [-0.15, -0.1) is 24.0 Å². The first-order valence-corrected chi connectivity index (χ1v) is 11.4. The maximum atomic E-state index is 11.9. The molecule has 7 nitrogen and oxygen atoms in total. The van der Waals surface area contributed by atoms with Crippen LogP contribution >= 0.6 is 24.0 Å². The molecule has 0 aromatic heterocycles. The van der Waals surface area contributed by atoms with E-state index in [1.54, 1.807) is 0 Å². The van der Waals surface area contributed by atoms with Gasteiger partial charge in [-0.05, 0) is 30.9 Å². The Balaban J connectivity index is 0.00000272. The fourth-order valence-corrected chi connectivity index (χ4v) is 4.68. The number of aliphatic imine (C=N–C) groups is 1. The molecule has 0 bridgehead atoms. The van der Waals surface area contributed by atoms with Crippen LogP contribution in [0, 0.1) is 0 Å². The summed E-state index contributed by atoms with van der Waals surface area (Å²) in [5.74, 6) is 1.28. The minimum Gasteiger partial charge on any atom is -0.379 e. The van der Waals surface area contributed by atoms with Gasteiger partial charge in [-0.3, -0.25) is 9.69 Å². The quantitative estimate of drug-likeness (QED) is 0.341. The van der Waals surface area contributed by atoms with Crippen LogP contribution in [0.2, 0.25) is 0 Å². The summed E-state index contributed by atoms with van der Waals surface area (Å²) < 4.78 is 5.50. The molecule has 0 saturated carbocycles. The van der Waals surface area contributed by atoms with Crippen molar-refractivity contribution >= 4 is 35.8 Å². The molecule has 172 valence electrons. The molecule has 1 N–H and O–H groups in total. The van der Waals surface area contributed by atoms with Crippen molar-refractivity contribution < 1.29 is 9.53 Å². The number of hydrogen-bond acceptors (Lipinski definition) is 4. The summed E-state index contributed by atoms with van der Waals surface area (Å²) in [5.41, 5.74) is 2.38. The lowest BCUT2D eigenvalue weighted by molar-refractivity contribution is -0.128. The van der Waals surface area contributed by atoms with Gasteiger partial charge in [-0.2, -0.15) is 0 Å². The summed E-state index contributed by atoms with van der Waals surface area (Å²) in [5, 5.41) is 3.48. The predicted octanol–water partition coefficient (Wildman–Crippen LogP) is 2.30. The van der Waals surface area contributed by atoms with Crippen LogP contribution < -0.4 is 5.32 Å².